The van der Waals surface area contributed by atoms with Gasteiger partial charge in [0.1, 0.15) is 5.75 Å². The quantitative estimate of drug-likeness (QED) is 0.595. The fourth-order valence-corrected chi connectivity index (χ4v) is 2.84. The Bertz CT molecular complexity index is 490. The molecule has 1 aromatic rings. The highest BCUT2D eigenvalue weighted by molar-refractivity contribution is 5.76. The van der Waals surface area contributed by atoms with Gasteiger partial charge in [0.05, 0.1) is 12.3 Å². The molecule has 1 amide bonds. The fraction of sp³-hybridized carbons (Fsp3) is 0.611. The molecule has 0 aliphatic rings. The van der Waals surface area contributed by atoms with E-state index in [4.69, 9.17) is 10.5 Å². The molecule has 0 radical (unpaired) electrons. The monoisotopic (exact) mass is 306 g/mol. The summed E-state index contributed by atoms with van der Waals surface area (Å²) in [6, 6.07) is 7.39. The molecule has 0 saturated carbocycles. The topological polar surface area (TPSA) is 64.3 Å². The first kappa shape index (κ1) is 18.3. The van der Waals surface area contributed by atoms with Crippen LogP contribution in [0.15, 0.2) is 24.3 Å². The first-order valence-corrected chi connectivity index (χ1v) is 7.87. The van der Waals surface area contributed by atoms with Gasteiger partial charge < -0.3 is 15.8 Å². The van der Waals surface area contributed by atoms with Crippen molar-refractivity contribution in [2.75, 3.05) is 12.3 Å². The SMILES string of the molecule is CC(C)(C)CC(C)(C)NC(=O)CCCOc1ccccc1N. The number of para-hydroxylation sites is 2. The first-order valence-electron chi connectivity index (χ1n) is 7.87. The van der Waals surface area contributed by atoms with E-state index in [0.29, 0.717) is 30.9 Å². The second-order valence-electron chi connectivity index (χ2n) is 7.66. The molecule has 0 atom stereocenters. The molecule has 4 heteroatoms. The van der Waals surface area contributed by atoms with Gasteiger partial charge in [0.15, 0.2) is 0 Å². The van der Waals surface area contributed by atoms with Gasteiger partial charge in [-0.2, -0.15) is 0 Å². The van der Waals surface area contributed by atoms with Gasteiger partial charge in [-0.3, -0.25) is 4.79 Å². The second kappa shape index (κ2) is 7.52. The van der Waals surface area contributed by atoms with Crippen LogP contribution < -0.4 is 15.8 Å². The van der Waals surface area contributed by atoms with E-state index in [1.165, 1.54) is 0 Å². The standard InChI is InChI=1S/C18H30N2O2/c1-17(2,3)13-18(4,5)20-16(21)11-8-12-22-15-10-7-6-9-14(15)19/h6-7,9-10H,8,11-13,19H2,1-5H3,(H,20,21). The van der Waals surface area contributed by atoms with Crippen LogP contribution in [0.5, 0.6) is 5.75 Å². The van der Waals surface area contributed by atoms with Gasteiger partial charge in [0.25, 0.3) is 0 Å². The third kappa shape index (κ3) is 7.34. The Morgan fingerprint density at radius 1 is 1.18 bits per heavy atom. The zero-order valence-electron chi connectivity index (χ0n) is 14.5. The van der Waals surface area contributed by atoms with Crippen molar-refractivity contribution in [3.05, 3.63) is 24.3 Å². The van der Waals surface area contributed by atoms with Crippen molar-refractivity contribution in [1.82, 2.24) is 5.32 Å². The van der Waals surface area contributed by atoms with E-state index in [-0.39, 0.29) is 16.9 Å². The first-order chi connectivity index (χ1) is 10.1. The number of rotatable bonds is 7. The van der Waals surface area contributed by atoms with E-state index in [9.17, 15) is 4.79 Å². The maximum atomic E-state index is 12.0. The minimum Gasteiger partial charge on any atom is -0.491 e. The molecule has 0 aliphatic carbocycles. The van der Waals surface area contributed by atoms with Gasteiger partial charge in [0, 0.05) is 12.0 Å². The molecule has 0 heterocycles. The molecule has 0 spiro atoms. The van der Waals surface area contributed by atoms with Crippen molar-refractivity contribution in [3.63, 3.8) is 0 Å². The Morgan fingerprint density at radius 2 is 1.82 bits per heavy atom. The van der Waals surface area contributed by atoms with Crippen molar-refractivity contribution in [2.45, 2.75) is 59.4 Å². The smallest absolute Gasteiger partial charge is 0.220 e. The summed E-state index contributed by atoms with van der Waals surface area (Å²) < 4.78 is 5.59. The zero-order valence-corrected chi connectivity index (χ0v) is 14.5. The molecule has 1 aromatic carbocycles. The average molecular weight is 306 g/mol. The lowest BCUT2D eigenvalue weighted by Gasteiger charge is -2.33. The van der Waals surface area contributed by atoms with Crippen LogP contribution in [0.25, 0.3) is 0 Å². The molecule has 0 fully saturated rings. The number of hydrogen-bond donors (Lipinski definition) is 2. The summed E-state index contributed by atoms with van der Waals surface area (Å²) in [5, 5.41) is 3.10. The van der Waals surface area contributed by atoms with Crippen LogP contribution in [0, 0.1) is 5.41 Å². The minimum atomic E-state index is -0.194. The van der Waals surface area contributed by atoms with E-state index in [2.05, 4.69) is 39.9 Å². The van der Waals surface area contributed by atoms with Gasteiger partial charge in [-0.15, -0.1) is 0 Å². The van der Waals surface area contributed by atoms with Gasteiger partial charge >= 0.3 is 0 Å². The minimum absolute atomic E-state index is 0.0684. The Hall–Kier alpha value is -1.71. The third-order valence-electron chi connectivity index (χ3n) is 3.17. The largest absolute Gasteiger partial charge is 0.491 e. The molecule has 4 nitrogen and oxygen atoms in total. The lowest BCUT2D eigenvalue weighted by atomic mass is 9.82. The van der Waals surface area contributed by atoms with Crippen LogP contribution in [0.2, 0.25) is 0 Å². The average Bonchev–Trinajstić information content (AvgIpc) is 2.32. The molecule has 0 aliphatic heterocycles. The number of nitrogens with one attached hydrogen (secondary N) is 1. The molecule has 0 aromatic heterocycles. The Balaban J connectivity index is 2.30. The maximum Gasteiger partial charge on any atom is 0.220 e. The lowest BCUT2D eigenvalue weighted by Crippen LogP contribution is -2.45. The number of carbonyl (C=O) groups is 1. The number of amides is 1. The van der Waals surface area contributed by atoms with Gasteiger partial charge in [-0.25, -0.2) is 0 Å². The number of nitrogens with two attached hydrogens (primary N) is 1. The van der Waals surface area contributed by atoms with Crippen molar-refractivity contribution < 1.29 is 9.53 Å². The molecule has 124 valence electrons. The molecular formula is C18H30N2O2. The highest BCUT2D eigenvalue weighted by Crippen LogP contribution is 2.26. The summed E-state index contributed by atoms with van der Waals surface area (Å²) in [5.41, 5.74) is 6.41. The molecule has 0 saturated heterocycles. The number of nitrogen functional groups attached to an aromatic ring is 1. The van der Waals surface area contributed by atoms with Crippen LogP contribution in [0.1, 0.15) is 53.9 Å². The lowest BCUT2D eigenvalue weighted by molar-refractivity contribution is -0.123. The summed E-state index contributed by atoms with van der Waals surface area (Å²) in [6.07, 6.45) is 2.06. The van der Waals surface area contributed by atoms with Crippen LogP contribution in [0.4, 0.5) is 5.69 Å². The van der Waals surface area contributed by atoms with E-state index in [1.807, 2.05) is 18.2 Å². The summed E-state index contributed by atoms with van der Waals surface area (Å²) in [4.78, 5) is 12.0. The Kier molecular flexibility index (Phi) is 6.27. The fourth-order valence-electron chi connectivity index (χ4n) is 2.84. The van der Waals surface area contributed by atoms with Crippen LogP contribution in [0.3, 0.4) is 0 Å². The molecule has 0 unspecified atom stereocenters. The van der Waals surface area contributed by atoms with Crippen LogP contribution >= 0.6 is 0 Å². The van der Waals surface area contributed by atoms with Gasteiger partial charge in [-0.1, -0.05) is 32.9 Å². The summed E-state index contributed by atoms with van der Waals surface area (Å²) in [7, 11) is 0. The number of ether oxygens (including phenoxy) is 1. The van der Waals surface area contributed by atoms with Crippen molar-refractivity contribution in [2.24, 2.45) is 5.41 Å². The van der Waals surface area contributed by atoms with Crippen molar-refractivity contribution in [1.29, 1.82) is 0 Å². The molecule has 0 bridgehead atoms. The van der Waals surface area contributed by atoms with Gasteiger partial charge in [-0.05, 0) is 44.2 Å². The Labute approximate surface area is 134 Å². The normalized spacial score (nSPS) is 12.0. The summed E-state index contributed by atoms with van der Waals surface area (Å²) in [5.74, 6) is 0.745. The number of anilines is 1. The number of benzene rings is 1. The second-order valence-corrected chi connectivity index (χ2v) is 7.66. The van der Waals surface area contributed by atoms with E-state index < -0.39 is 0 Å². The summed E-state index contributed by atoms with van der Waals surface area (Å²) >= 11 is 0. The molecule has 22 heavy (non-hydrogen) atoms. The van der Waals surface area contributed by atoms with Crippen LogP contribution in [-0.4, -0.2) is 18.1 Å². The highest BCUT2D eigenvalue weighted by Gasteiger charge is 2.26. The van der Waals surface area contributed by atoms with Crippen LogP contribution in [-0.2, 0) is 4.79 Å². The van der Waals surface area contributed by atoms with Crippen molar-refractivity contribution >= 4 is 11.6 Å². The van der Waals surface area contributed by atoms with E-state index in [0.717, 1.165) is 6.42 Å². The predicted molar refractivity (Wildman–Crippen MR) is 91.9 cm³/mol. The third-order valence-corrected chi connectivity index (χ3v) is 3.17. The van der Waals surface area contributed by atoms with E-state index in [1.54, 1.807) is 6.07 Å². The molecule has 1 rings (SSSR count). The Morgan fingerprint density at radius 3 is 2.41 bits per heavy atom. The highest BCUT2D eigenvalue weighted by atomic mass is 16.5. The number of hydrogen-bond acceptors (Lipinski definition) is 3. The zero-order chi connectivity index (χ0) is 16.8. The predicted octanol–water partition coefficient (Wildman–Crippen LogP) is 3.76. The maximum absolute atomic E-state index is 12.0. The number of carbonyl (C=O) groups excluding carboxylic acids is 1. The van der Waals surface area contributed by atoms with Crippen molar-refractivity contribution in [3.8, 4) is 5.75 Å². The summed E-state index contributed by atoms with van der Waals surface area (Å²) in [6.45, 7) is 11.2. The molecule has 3 N–H and O–H groups in total. The molecular weight excluding hydrogens is 276 g/mol. The van der Waals surface area contributed by atoms with Gasteiger partial charge in [0.2, 0.25) is 5.91 Å². The van der Waals surface area contributed by atoms with E-state index >= 15 is 0 Å².